The van der Waals surface area contributed by atoms with Crippen LogP contribution in [0.25, 0.3) is 0 Å². The second-order valence-corrected chi connectivity index (χ2v) is 8.10. The summed E-state index contributed by atoms with van der Waals surface area (Å²) < 4.78 is 69.0. The maximum absolute atomic E-state index is 12.4. The molecule has 0 radical (unpaired) electrons. The van der Waals surface area contributed by atoms with Crippen molar-refractivity contribution in [2.45, 2.75) is 17.6 Å². The lowest BCUT2D eigenvalue weighted by Gasteiger charge is -2.12. The minimum absolute atomic E-state index is 0.0547. The number of hydrogen-bond acceptors (Lipinski definition) is 6. The number of ether oxygens (including phenoxy) is 1. The molecule has 1 amide bonds. The Bertz CT molecular complexity index is 1170. The third-order valence-corrected chi connectivity index (χ3v) is 5.42. The fourth-order valence-corrected chi connectivity index (χ4v) is 3.59. The first kappa shape index (κ1) is 23.0. The van der Waals surface area contributed by atoms with Crippen LogP contribution in [0.3, 0.4) is 0 Å². The zero-order valence-electron chi connectivity index (χ0n) is 16.3. The van der Waals surface area contributed by atoms with Gasteiger partial charge in [0.05, 0.1) is 10.6 Å². The molecule has 0 atom stereocenters. The van der Waals surface area contributed by atoms with E-state index >= 15 is 0 Å². The molecule has 2 heterocycles. The molecule has 0 unspecified atom stereocenters. The van der Waals surface area contributed by atoms with Crippen LogP contribution in [0.5, 0.6) is 5.88 Å². The SMILES string of the molecule is O=C(NCc1cccnc1OCC(F)(F)F)c1ccc(S(=O)(=O)Nc2ccncc2)cc1. The quantitative estimate of drug-likeness (QED) is 0.528. The van der Waals surface area contributed by atoms with Crippen molar-refractivity contribution in [1.82, 2.24) is 15.3 Å². The molecule has 32 heavy (non-hydrogen) atoms. The van der Waals surface area contributed by atoms with Gasteiger partial charge in [0.25, 0.3) is 15.9 Å². The van der Waals surface area contributed by atoms with Crippen molar-refractivity contribution in [3.05, 3.63) is 78.2 Å². The molecule has 12 heteroatoms. The van der Waals surface area contributed by atoms with Crippen LogP contribution in [0.2, 0.25) is 0 Å². The summed E-state index contributed by atoms with van der Waals surface area (Å²) in [5, 5.41) is 2.54. The van der Waals surface area contributed by atoms with Crippen LogP contribution < -0.4 is 14.8 Å². The Kier molecular flexibility index (Phi) is 6.93. The van der Waals surface area contributed by atoms with Gasteiger partial charge in [-0.1, -0.05) is 6.07 Å². The summed E-state index contributed by atoms with van der Waals surface area (Å²) in [5.74, 6) is -0.796. The molecule has 3 rings (SSSR count). The second kappa shape index (κ2) is 9.64. The van der Waals surface area contributed by atoms with E-state index < -0.39 is 28.7 Å². The number of anilines is 1. The normalized spacial score (nSPS) is 11.6. The van der Waals surface area contributed by atoms with Gasteiger partial charge in [0, 0.05) is 36.3 Å². The van der Waals surface area contributed by atoms with Gasteiger partial charge in [-0.3, -0.25) is 14.5 Å². The van der Waals surface area contributed by atoms with E-state index in [1.165, 1.54) is 67.1 Å². The van der Waals surface area contributed by atoms with Gasteiger partial charge in [0.15, 0.2) is 6.61 Å². The predicted octanol–water partition coefficient (Wildman–Crippen LogP) is 3.15. The molecule has 2 aromatic heterocycles. The molecule has 0 aliphatic rings. The lowest BCUT2D eigenvalue weighted by molar-refractivity contribution is -0.154. The summed E-state index contributed by atoms with van der Waals surface area (Å²) in [7, 11) is -3.86. The first-order chi connectivity index (χ1) is 15.1. The summed E-state index contributed by atoms with van der Waals surface area (Å²) in [5.41, 5.74) is 0.752. The van der Waals surface area contributed by atoms with Crippen LogP contribution in [0, 0.1) is 0 Å². The maximum Gasteiger partial charge on any atom is 0.422 e. The number of sulfonamides is 1. The number of rotatable bonds is 8. The maximum atomic E-state index is 12.4. The van der Waals surface area contributed by atoms with Crippen molar-refractivity contribution in [3.8, 4) is 5.88 Å². The highest BCUT2D eigenvalue weighted by atomic mass is 32.2. The number of carbonyl (C=O) groups is 1. The van der Waals surface area contributed by atoms with Crippen LogP contribution in [0.4, 0.5) is 18.9 Å². The van der Waals surface area contributed by atoms with Gasteiger partial charge < -0.3 is 10.1 Å². The molecule has 0 saturated carbocycles. The molecule has 0 bridgehead atoms. The number of amides is 1. The second-order valence-electron chi connectivity index (χ2n) is 6.42. The zero-order chi connectivity index (χ0) is 23.2. The Morgan fingerprint density at radius 1 is 1.00 bits per heavy atom. The number of aromatic nitrogens is 2. The van der Waals surface area contributed by atoms with Crippen molar-refractivity contribution in [2.75, 3.05) is 11.3 Å². The highest BCUT2D eigenvalue weighted by Gasteiger charge is 2.29. The number of nitrogens with zero attached hydrogens (tertiary/aromatic N) is 2. The Labute approximate surface area is 181 Å². The molecule has 0 saturated heterocycles. The minimum Gasteiger partial charge on any atom is -0.468 e. The molecular weight excluding hydrogens is 449 g/mol. The highest BCUT2D eigenvalue weighted by Crippen LogP contribution is 2.20. The molecule has 1 aromatic carbocycles. The van der Waals surface area contributed by atoms with Gasteiger partial charge >= 0.3 is 6.18 Å². The van der Waals surface area contributed by atoms with E-state index in [2.05, 4.69) is 24.7 Å². The van der Waals surface area contributed by atoms with Gasteiger partial charge in [-0.2, -0.15) is 13.2 Å². The van der Waals surface area contributed by atoms with Crippen LogP contribution >= 0.6 is 0 Å². The minimum atomic E-state index is -4.52. The number of benzene rings is 1. The lowest BCUT2D eigenvalue weighted by atomic mass is 10.2. The smallest absolute Gasteiger partial charge is 0.422 e. The highest BCUT2D eigenvalue weighted by molar-refractivity contribution is 7.92. The van der Waals surface area contributed by atoms with Crippen molar-refractivity contribution < 1.29 is 31.1 Å². The Morgan fingerprint density at radius 3 is 2.34 bits per heavy atom. The molecule has 3 aromatic rings. The molecule has 168 valence electrons. The largest absolute Gasteiger partial charge is 0.468 e. The molecule has 0 fully saturated rings. The van der Waals surface area contributed by atoms with E-state index in [1.807, 2.05) is 0 Å². The Hall–Kier alpha value is -3.67. The summed E-state index contributed by atoms with van der Waals surface area (Å²) in [6.07, 6.45) is -0.372. The first-order valence-electron chi connectivity index (χ1n) is 9.09. The van der Waals surface area contributed by atoms with Crippen molar-refractivity contribution in [1.29, 1.82) is 0 Å². The van der Waals surface area contributed by atoms with Gasteiger partial charge in [-0.15, -0.1) is 0 Å². The summed E-state index contributed by atoms with van der Waals surface area (Å²) in [6.45, 7) is -1.64. The number of alkyl halides is 3. The van der Waals surface area contributed by atoms with Crippen LogP contribution in [-0.4, -0.2) is 37.1 Å². The average Bonchev–Trinajstić information content (AvgIpc) is 2.76. The molecule has 2 N–H and O–H groups in total. The van der Waals surface area contributed by atoms with E-state index in [0.717, 1.165) is 0 Å². The number of hydrogen-bond donors (Lipinski definition) is 2. The summed E-state index contributed by atoms with van der Waals surface area (Å²) >= 11 is 0. The van der Waals surface area contributed by atoms with Crippen molar-refractivity contribution in [2.24, 2.45) is 0 Å². The zero-order valence-corrected chi connectivity index (χ0v) is 17.2. The summed E-state index contributed by atoms with van der Waals surface area (Å²) in [6, 6.07) is 11.1. The van der Waals surface area contributed by atoms with Gasteiger partial charge in [-0.05, 0) is 42.5 Å². The van der Waals surface area contributed by atoms with Crippen LogP contribution in [0.15, 0.2) is 72.0 Å². The van der Waals surface area contributed by atoms with Crippen molar-refractivity contribution >= 4 is 21.6 Å². The van der Waals surface area contributed by atoms with E-state index in [1.54, 1.807) is 0 Å². The number of halogens is 3. The van der Waals surface area contributed by atoms with E-state index in [9.17, 15) is 26.4 Å². The third kappa shape index (κ3) is 6.41. The van der Waals surface area contributed by atoms with Crippen LogP contribution in [0.1, 0.15) is 15.9 Å². The molecule has 8 nitrogen and oxygen atoms in total. The fourth-order valence-electron chi connectivity index (χ4n) is 2.54. The first-order valence-corrected chi connectivity index (χ1v) is 10.6. The molecule has 0 aliphatic carbocycles. The van der Waals surface area contributed by atoms with Gasteiger partial charge in [-0.25, -0.2) is 13.4 Å². The van der Waals surface area contributed by atoms with Gasteiger partial charge in [0.1, 0.15) is 0 Å². The summed E-state index contributed by atoms with van der Waals surface area (Å²) in [4.78, 5) is 19.9. The lowest BCUT2D eigenvalue weighted by Crippen LogP contribution is -2.24. The Morgan fingerprint density at radius 2 is 1.69 bits per heavy atom. The predicted molar refractivity (Wildman–Crippen MR) is 108 cm³/mol. The molecule has 0 aliphatic heterocycles. The van der Waals surface area contributed by atoms with Gasteiger partial charge in [0.2, 0.25) is 5.88 Å². The van der Waals surface area contributed by atoms with E-state index in [4.69, 9.17) is 0 Å². The van der Waals surface area contributed by atoms with E-state index in [-0.39, 0.29) is 28.4 Å². The standard InChI is InChI=1S/C20H17F3N4O4S/c21-20(22,23)13-31-19-15(2-1-9-25-19)12-26-18(28)14-3-5-17(6-4-14)32(29,30)27-16-7-10-24-11-8-16/h1-11H,12-13H2,(H,24,27)(H,26,28). The number of pyridine rings is 2. The average molecular weight is 466 g/mol. The Balaban J connectivity index is 1.63. The molecular formula is C20H17F3N4O4S. The monoisotopic (exact) mass is 466 g/mol. The third-order valence-electron chi connectivity index (χ3n) is 4.02. The topological polar surface area (TPSA) is 110 Å². The number of nitrogens with one attached hydrogen (secondary N) is 2. The van der Waals surface area contributed by atoms with E-state index in [0.29, 0.717) is 5.69 Å². The molecule has 0 spiro atoms. The number of carbonyl (C=O) groups excluding carboxylic acids is 1. The van der Waals surface area contributed by atoms with Crippen LogP contribution in [-0.2, 0) is 16.6 Å². The van der Waals surface area contributed by atoms with Crippen molar-refractivity contribution in [3.63, 3.8) is 0 Å². The fraction of sp³-hybridized carbons (Fsp3) is 0.150.